The van der Waals surface area contributed by atoms with Crippen LogP contribution in [0.25, 0.3) is 6.08 Å². The summed E-state index contributed by atoms with van der Waals surface area (Å²) in [4.78, 5) is 13.9. The highest BCUT2D eigenvalue weighted by Crippen LogP contribution is 2.21. The average Bonchev–Trinajstić information content (AvgIpc) is 2.53. The Bertz CT molecular complexity index is 754. The van der Waals surface area contributed by atoms with Gasteiger partial charge in [0.25, 0.3) is 0 Å². The molecule has 3 rings (SSSR count). The fourth-order valence-electron chi connectivity index (χ4n) is 3.03. The molecule has 0 saturated heterocycles. The molecule has 1 aliphatic heterocycles. The van der Waals surface area contributed by atoms with Crippen molar-refractivity contribution in [2.45, 2.75) is 33.9 Å². The molecule has 2 aromatic carbocycles. The fourth-order valence-corrected chi connectivity index (χ4v) is 3.03. The molecule has 0 fully saturated rings. The highest BCUT2D eigenvalue weighted by molar-refractivity contribution is 5.72. The highest BCUT2D eigenvalue weighted by Gasteiger charge is 2.18. The van der Waals surface area contributed by atoms with Crippen molar-refractivity contribution in [2.24, 2.45) is 0 Å². The van der Waals surface area contributed by atoms with Gasteiger partial charge in [0, 0.05) is 6.20 Å². The first kappa shape index (κ1) is 15.3. The van der Waals surface area contributed by atoms with Gasteiger partial charge in [0.15, 0.2) is 0 Å². The van der Waals surface area contributed by atoms with Gasteiger partial charge in [-0.1, -0.05) is 42.0 Å². The molecule has 3 heteroatoms. The molecule has 0 saturated carbocycles. The number of benzene rings is 2. The van der Waals surface area contributed by atoms with Crippen LogP contribution in [0.1, 0.15) is 33.4 Å². The molecule has 23 heavy (non-hydrogen) atoms. The summed E-state index contributed by atoms with van der Waals surface area (Å²) in [7, 11) is 0. The van der Waals surface area contributed by atoms with E-state index in [1.165, 1.54) is 5.56 Å². The number of amides is 1. The van der Waals surface area contributed by atoms with Crippen LogP contribution in [0.3, 0.4) is 0 Å². The maximum atomic E-state index is 12.3. The van der Waals surface area contributed by atoms with Gasteiger partial charge in [0.05, 0.1) is 6.54 Å². The third-order valence-corrected chi connectivity index (χ3v) is 4.24. The molecule has 3 nitrogen and oxygen atoms in total. The monoisotopic (exact) mass is 307 g/mol. The van der Waals surface area contributed by atoms with Gasteiger partial charge in [-0.15, -0.1) is 0 Å². The zero-order valence-electron chi connectivity index (χ0n) is 13.8. The van der Waals surface area contributed by atoms with Crippen molar-refractivity contribution >= 4 is 12.2 Å². The van der Waals surface area contributed by atoms with E-state index in [1.54, 1.807) is 11.1 Å². The van der Waals surface area contributed by atoms with Crippen LogP contribution in [-0.4, -0.2) is 11.0 Å². The number of carbonyl (C=O) groups is 1. The van der Waals surface area contributed by atoms with Crippen LogP contribution in [-0.2, 0) is 17.9 Å². The Morgan fingerprint density at radius 2 is 1.83 bits per heavy atom. The van der Waals surface area contributed by atoms with E-state index >= 15 is 0 Å². The summed E-state index contributed by atoms with van der Waals surface area (Å²) in [6.07, 6.45) is 3.43. The second-order valence-corrected chi connectivity index (χ2v) is 6.07. The number of ether oxygens (including phenoxy) is 1. The second-order valence-electron chi connectivity index (χ2n) is 6.07. The molecule has 0 aromatic heterocycles. The molecule has 0 N–H and O–H groups in total. The van der Waals surface area contributed by atoms with Gasteiger partial charge in [0.2, 0.25) is 0 Å². The SMILES string of the molecule is Cc1cc(C)c(COC(=O)N2C=Cc3ccccc3C2)c(C)c1. The minimum atomic E-state index is -0.310. The maximum Gasteiger partial charge on any atom is 0.414 e. The number of hydrogen-bond donors (Lipinski definition) is 0. The Morgan fingerprint density at radius 1 is 1.13 bits per heavy atom. The molecular weight excluding hydrogens is 286 g/mol. The van der Waals surface area contributed by atoms with Crippen molar-refractivity contribution in [2.75, 3.05) is 0 Å². The molecule has 0 bridgehead atoms. The van der Waals surface area contributed by atoms with Crippen molar-refractivity contribution in [1.29, 1.82) is 0 Å². The lowest BCUT2D eigenvalue weighted by Gasteiger charge is -2.23. The zero-order valence-corrected chi connectivity index (χ0v) is 13.8. The number of rotatable bonds is 2. The second kappa shape index (κ2) is 6.29. The van der Waals surface area contributed by atoms with Crippen molar-refractivity contribution < 1.29 is 9.53 Å². The summed E-state index contributed by atoms with van der Waals surface area (Å²) in [6, 6.07) is 12.3. The quantitative estimate of drug-likeness (QED) is 0.802. The normalized spacial score (nSPS) is 12.9. The summed E-state index contributed by atoms with van der Waals surface area (Å²) >= 11 is 0. The first-order chi connectivity index (χ1) is 11.0. The fraction of sp³-hybridized carbons (Fsp3) is 0.250. The van der Waals surface area contributed by atoms with Crippen LogP contribution in [0, 0.1) is 20.8 Å². The lowest BCUT2D eigenvalue weighted by molar-refractivity contribution is 0.108. The predicted molar refractivity (Wildman–Crippen MR) is 91.9 cm³/mol. The van der Waals surface area contributed by atoms with E-state index in [1.807, 2.05) is 30.3 Å². The predicted octanol–water partition coefficient (Wildman–Crippen LogP) is 4.73. The van der Waals surface area contributed by atoms with Crippen molar-refractivity contribution in [3.05, 3.63) is 76.0 Å². The van der Waals surface area contributed by atoms with Gasteiger partial charge >= 0.3 is 6.09 Å². The average molecular weight is 307 g/mol. The number of carbonyl (C=O) groups excluding carboxylic acids is 1. The van der Waals surface area contributed by atoms with Gasteiger partial charge in [-0.05, 0) is 54.7 Å². The summed E-state index contributed by atoms with van der Waals surface area (Å²) in [5.41, 5.74) is 6.93. The van der Waals surface area contributed by atoms with E-state index in [0.717, 1.165) is 27.8 Å². The van der Waals surface area contributed by atoms with E-state index in [-0.39, 0.29) is 6.09 Å². The molecule has 0 spiro atoms. The molecule has 1 heterocycles. The topological polar surface area (TPSA) is 29.5 Å². The smallest absolute Gasteiger partial charge is 0.414 e. The van der Waals surface area contributed by atoms with Gasteiger partial charge in [-0.2, -0.15) is 0 Å². The highest BCUT2D eigenvalue weighted by atomic mass is 16.6. The molecule has 1 amide bonds. The molecule has 2 aromatic rings. The summed E-state index contributed by atoms with van der Waals surface area (Å²) in [5, 5.41) is 0. The van der Waals surface area contributed by atoms with Crippen molar-refractivity contribution in [1.82, 2.24) is 4.90 Å². The maximum absolute atomic E-state index is 12.3. The Hall–Kier alpha value is -2.55. The third-order valence-electron chi connectivity index (χ3n) is 4.24. The van der Waals surface area contributed by atoms with Gasteiger partial charge in [-0.25, -0.2) is 4.79 Å². The molecular formula is C20H21NO2. The largest absolute Gasteiger partial charge is 0.444 e. The first-order valence-electron chi connectivity index (χ1n) is 7.81. The van der Waals surface area contributed by atoms with Gasteiger partial charge in [-0.3, -0.25) is 4.90 Å². The Morgan fingerprint density at radius 3 is 2.57 bits per heavy atom. The molecule has 0 unspecified atom stereocenters. The lowest BCUT2D eigenvalue weighted by atomic mass is 10.0. The summed E-state index contributed by atoms with van der Waals surface area (Å²) in [6.45, 7) is 7.05. The van der Waals surface area contributed by atoms with Crippen LogP contribution in [0.15, 0.2) is 42.6 Å². The Balaban J connectivity index is 1.68. The number of nitrogens with zero attached hydrogens (tertiary/aromatic N) is 1. The van der Waals surface area contributed by atoms with Gasteiger partial charge < -0.3 is 4.74 Å². The molecule has 1 aliphatic rings. The number of aryl methyl sites for hydroxylation is 3. The van der Waals surface area contributed by atoms with E-state index in [9.17, 15) is 4.79 Å². The number of hydrogen-bond acceptors (Lipinski definition) is 2. The van der Waals surface area contributed by atoms with Gasteiger partial charge in [0.1, 0.15) is 6.61 Å². The third kappa shape index (κ3) is 3.29. The van der Waals surface area contributed by atoms with Crippen molar-refractivity contribution in [3.8, 4) is 0 Å². The summed E-state index contributed by atoms with van der Waals surface area (Å²) in [5.74, 6) is 0. The van der Waals surface area contributed by atoms with E-state index in [0.29, 0.717) is 13.2 Å². The van der Waals surface area contributed by atoms with Crippen LogP contribution in [0.2, 0.25) is 0 Å². The van der Waals surface area contributed by atoms with E-state index in [2.05, 4.69) is 32.9 Å². The standard InChI is InChI=1S/C20H21NO2/c1-14-10-15(2)19(16(3)11-14)13-23-20(22)21-9-8-17-6-4-5-7-18(17)12-21/h4-11H,12-13H2,1-3H3. The number of fused-ring (bicyclic) bond motifs is 1. The van der Waals surface area contributed by atoms with Crippen molar-refractivity contribution in [3.63, 3.8) is 0 Å². The van der Waals surface area contributed by atoms with Crippen LogP contribution >= 0.6 is 0 Å². The van der Waals surface area contributed by atoms with Crippen LogP contribution in [0.4, 0.5) is 4.79 Å². The first-order valence-corrected chi connectivity index (χ1v) is 7.81. The minimum Gasteiger partial charge on any atom is -0.444 e. The molecule has 0 aliphatic carbocycles. The summed E-state index contributed by atoms with van der Waals surface area (Å²) < 4.78 is 5.52. The van der Waals surface area contributed by atoms with E-state index in [4.69, 9.17) is 4.74 Å². The van der Waals surface area contributed by atoms with Crippen LogP contribution < -0.4 is 0 Å². The van der Waals surface area contributed by atoms with Crippen LogP contribution in [0.5, 0.6) is 0 Å². The molecule has 0 atom stereocenters. The van der Waals surface area contributed by atoms with E-state index < -0.39 is 0 Å². The molecule has 118 valence electrons. The molecule has 0 radical (unpaired) electrons. The minimum absolute atomic E-state index is 0.308. The lowest BCUT2D eigenvalue weighted by Crippen LogP contribution is -2.28. The Labute approximate surface area is 137 Å². The zero-order chi connectivity index (χ0) is 16.4. The Kier molecular flexibility index (Phi) is 4.20.